The summed E-state index contributed by atoms with van der Waals surface area (Å²) in [5.74, 6) is -0.652. The normalized spacial score (nSPS) is 11.7. The van der Waals surface area contributed by atoms with E-state index in [1.165, 1.54) is 0 Å². The van der Waals surface area contributed by atoms with E-state index in [4.69, 9.17) is 24.6 Å². The van der Waals surface area contributed by atoms with Gasteiger partial charge in [-0.2, -0.15) is 0 Å². The van der Waals surface area contributed by atoms with E-state index in [1.54, 1.807) is 67.0 Å². The molecule has 278 valence electrons. The van der Waals surface area contributed by atoms with E-state index in [0.717, 1.165) is 11.1 Å². The lowest BCUT2D eigenvalue weighted by atomic mass is 10.1. The first kappa shape index (κ1) is 38.1. The second-order valence-electron chi connectivity index (χ2n) is 11.9. The molecule has 2 aromatic carbocycles. The molecule has 0 unspecified atom stereocenters. The Balaban J connectivity index is 1.06. The number of aromatic nitrogens is 4. The van der Waals surface area contributed by atoms with E-state index in [9.17, 15) is 14.4 Å². The first-order valence-corrected chi connectivity index (χ1v) is 16.9. The van der Waals surface area contributed by atoms with Gasteiger partial charge < -0.3 is 45.0 Å². The number of amides is 3. The molecule has 3 heterocycles. The van der Waals surface area contributed by atoms with Gasteiger partial charge in [0.1, 0.15) is 22.4 Å². The summed E-state index contributed by atoms with van der Waals surface area (Å²) in [6.07, 6.45) is 7.53. The first-order chi connectivity index (χ1) is 25.7. The lowest BCUT2D eigenvalue weighted by molar-refractivity contribution is 0.0268. The number of nitrogens with zero attached hydrogens (tertiary/aromatic N) is 5. The van der Waals surface area contributed by atoms with Gasteiger partial charge in [0.05, 0.1) is 56.8 Å². The maximum Gasteiger partial charge on any atom is 0.272 e. The van der Waals surface area contributed by atoms with Crippen molar-refractivity contribution in [2.24, 2.45) is 24.8 Å². The van der Waals surface area contributed by atoms with E-state index >= 15 is 0 Å². The number of aliphatic imine (C=N–C) groups is 1. The summed E-state index contributed by atoms with van der Waals surface area (Å²) in [5, 5.41) is 16.2. The number of benzene rings is 2. The molecule has 3 amide bonds. The highest BCUT2D eigenvalue weighted by Gasteiger charge is 2.17. The van der Waals surface area contributed by atoms with Crippen molar-refractivity contribution in [3.63, 3.8) is 0 Å². The van der Waals surface area contributed by atoms with Crippen LogP contribution in [0.3, 0.4) is 0 Å². The number of aryl methyl sites for hydroxylation is 2. The van der Waals surface area contributed by atoms with Gasteiger partial charge in [0.2, 0.25) is 0 Å². The van der Waals surface area contributed by atoms with Crippen molar-refractivity contribution >= 4 is 58.1 Å². The van der Waals surface area contributed by atoms with Gasteiger partial charge in [-0.15, -0.1) is 0 Å². The van der Waals surface area contributed by atoms with Crippen molar-refractivity contribution in [3.05, 3.63) is 95.1 Å². The Labute approximate surface area is 305 Å². The molecular weight excluding hydrogens is 682 g/mol. The number of rotatable bonds is 19. The van der Waals surface area contributed by atoms with Gasteiger partial charge >= 0.3 is 0 Å². The molecule has 0 aliphatic rings. The summed E-state index contributed by atoms with van der Waals surface area (Å²) in [5.41, 5.74) is 11.2. The molecule has 3 aromatic heterocycles. The highest BCUT2D eigenvalue weighted by atomic mass is 16.6. The van der Waals surface area contributed by atoms with Gasteiger partial charge in [-0.05, 0) is 57.8 Å². The number of methoxy groups -OCH3 is 1. The molecule has 0 fully saturated rings. The Morgan fingerprint density at radius 1 is 0.774 bits per heavy atom. The zero-order valence-corrected chi connectivity index (χ0v) is 29.8. The summed E-state index contributed by atoms with van der Waals surface area (Å²) < 4.78 is 23.6. The molecule has 16 nitrogen and oxygen atoms in total. The SMILES string of the molecule is COCCOCCOCCN=C(N)CCNC(=O)c1cc(NC(=O)c2cc(NC(=O)c3ccc(/C=C/c4ccc5nonc5c4)cc3)cn2C)cn1C. The van der Waals surface area contributed by atoms with Crippen LogP contribution in [0.5, 0.6) is 0 Å². The fourth-order valence-electron chi connectivity index (χ4n) is 5.15. The summed E-state index contributed by atoms with van der Waals surface area (Å²) in [6.45, 7) is 3.10. The first-order valence-electron chi connectivity index (χ1n) is 16.9. The number of fused-ring (bicyclic) bond motifs is 1. The zero-order chi connectivity index (χ0) is 37.6. The number of carbonyl (C=O) groups excluding carboxylic acids is 3. The maximum atomic E-state index is 13.2. The van der Waals surface area contributed by atoms with Crippen molar-refractivity contribution in [1.29, 1.82) is 0 Å². The Hall–Kier alpha value is -6.10. The summed E-state index contributed by atoms with van der Waals surface area (Å²) in [7, 11) is 5.03. The minimum atomic E-state index is -0.410. The topological polar surface area (TPSA) is 202 Å². The van der Waals surface area contributed by atoms with Crippen LogP contribution in [0.25, 0.3) is 23.2 Å². The van der Waals surface area contributed by atoms with E-state index in [0.29, 0.717) is 91.2 Å². The Morgan fingerprint density at radius 3 is 2.09 bits per heavy atom. The van der Waals surface area contributed by atoms with Crippen LogP contribution in [0.4, 0.5) is 11.4 Å². The summed E-state index contributed by atoms with van der Waals surface area (Å²) >= 11 is 0. The van der Waals surface area contributed by atoms with Gasteiger partial charge in [0.15, 0.2) is 0 Å². The van der Waals surface area contributed by atoms with Crippen molar-refractivity contribution in [1.82, 2.24) is 24.8 Å². The molecule has 5 N–H and O–H groups in total. The molecule has 53 heavy (non-hydrogen) atoms. The standard InChI is InChI=1S/C37H43N9O7/c1-45-24-29(21-32(45)36(48)40-13-12-34(38)39-14-15-51-18-19-52-17-16-50-3)42-37(49)33-22-28(23-46(33)2)41-35(47)27-9-6-25(7-10-27)4-5-26-8-11-30-31(20-26)44-53-43-30/h4-11,20-24H,12-19H2,1-3H3,(H2,38,39)(H,40,48)(H,41,47)(H,42,49)/b5-4+. The minimum absolute atomic E-state index is 0.287. The second-order valence-corrected chi connectivity index (χ2v) is 11.9. The van der Waals surface area contributed by atoms with Crippen LogP contribution in [0.15, 0.2) is 76.6 Å². The fourth-order valence-corrected chi connectivity index (χ4v) is 5.15. The smallest absolute Gasteiger partial charge is 0.272 e. The number of ether oxygens (including phenoxy) is 3. The maximum absolute atomic E-state index is 13.2. The molecule has 0 bridgehead atoms. The second kappa shape index (κ2) is 18.9. The number of carbonyl (C=O) groups is 3. The molecule has 16 heteroatoms. The van der Waals surface area contributed by atoms with Crippen LogP contribution in [0.1, 0.15) is 48.9 Å². The third kappa shape index (κ3) is 11.2. The molecule has 0 spiro atoms. The van der Waals surface area contributed by atoms with Crippen LogP contribution in [0, 0.1) is 0 Å². The Kier molecular flexibility index (Phi) is 13.6. The number of nitrogens with two attached hydrogens (primary N) is 1. The van der Waals surface area contributed by atoms with Gasteiger partial charge in [-0.25, -0.2) is 4.63 Å². The Bertz CT molecular complexity index is 2060. The zero-order valence-electron chi connectivity index (χ0n) is 29.8. The van der Waals surface area contributed by atoms with Gasteiger partial charge in [-0.3, -0.25) is 19.4 Å². The predicted molar refractivity (Wildman–Crippen MR) is 201 cm³/mol. The van der Waals surface area contributed by atoms with E-state index in [-0.39, 0.29) is 18.4 Å². The van der Waals surface area contributed by atoms with Gasteiger partial charge in [0.25, 0.3) is 17.7 Å². The highest BCUT2D eigenvalue weighted by Crippen LogP contribution is 2.19. The van der Waals surface area contributed by atoms with Crippen molar-refractivity contribution in [3.8, 4) is 0 Å². The van der Waals surface area contributed by atoms with Gasteiger partial charge in [-0.1, -0.05) is 30.4 Å². The highest BCUT2D eigenvalue weighted by molar-refractivity contribution is 6.07. The third-order valence-corrected chi connectivity index (χ3v) is 7.93. The van der Waals surface area contributed by atoms with Crippen LogP contribution in [0.2, 0.25) is 0 Å². The van der Waals surface area contributed by atoms with Crippen LogP contribution in [-0.4, -0.2) is 96.2 Å². The van der Waals surface area contributed by atoms with E-state index < -0.39 is 5.91 Å². The average Bonchev–Trinajstić information content (AvgIpc) is 3.87. The van der Waals surface area contributed by atoms with E-state index in [2.05, 4.69) is 31.3 Å². The van der Waals surface area contributed by atoms with Gasteiger partial charge in [0, 0.05) is 52.1 Å². The lowest BCUT2D eigenvalue weighted by Crippen LogP contribution is -2.29. The molecule has 0 saturated heterocycles. The molecule has 0 aliphatic heterocycles. The van der Waals surface area contributed by atoms with Crippen LogP contribution >= 0.6 is 0 Å². The third-order valence-electron chi connectivity index (χ3n) is 7.93. The number of amidine groups is 1. The molecule has 5 rings (SSSR count). The molecular formula is C37H43N9O7. The molecule has 5 aromatic rings. The molecule has 0 atom stereocenters. The average molecular weight is 726 g/mol. The lowest BCUT2D eigenvalue weighted by Gasteiger charge is -2.06. The minimum Gasteiger partial charge on any atom is -0.387 e. The summed E-state index contributed by atoms with van der Waals surface area (Å²) in [4.78, 5) is 43.3. The number of hydrogen-bond acceptors (Lipinski definition) is 10. The molecule has 0 aliphatic carbocycles. The Morgan fingerprint density at radius 2 is 1.38 bits per heavy atom. The quantitative estimate of drug-likeness (QED) is 0.0421. The summed E-state index contributed by atoms with van der Waals surface area (Å²) in [6, 6.07) is 15.9. The number of anilines is 2. The monoisotopic (exact) mass is 725 g/mol. The van der Waals surface area contributed by atoms with Crippen LogP contribution in [-0.2, 0) is 28.3 Å². The fraction of sp³-hybridized carbons (Fsp3) is 0.297. The van der Waals surface area contributed by atoms with Crippen molar-refractivity contribution in [2.45, 2.75) is 6.42 Å². The molecule has 0 radical (unpaired) electrons. The molecule has 0 saturated carbocycles. The van der Waals surface area contributed by atoms with Crippen molar-refractivity contribution < 1.29 is 33.2 Å². The number of hydrogen-bond donors (Lipinski definition) is 4. The largest absolute Gasteiger partial charge is 0.387 e. The predicted octanol–water partition coefficient (Wildman–Crippen LogP) is 3.73. The van der Waals surface area contributed by atoms with Crippen molar-refractivity contribution in [2.75, 3.05) is 63.9 Å². The number of nitrogens with one attached hydrogen (secondary N) is 3. The van der Waals surface area contributed by atoms with E-state index in [1.807, 2.05) is 42.5 Å². The van der Waals surface area contributed by atoms with Crippen LogP contribution < -0.4 is 21.7 Å².